The largest absolute Gasteiger partial charge is 0.476 e. The van der Waals surface area contributed by atoms with Crippen LogP contribution in [0.25, 0.3) is 5.65 Å². The van der Waals surface area contributed by atoms with Crippen LogP contribution in [0.1, 0.15) is 53.3 Å². The summed E-state index contributed by atoms with van der Waals surface area (Å²) in [4.78, 5) is 16.3. The molecule has 28 heavy (non-hydrogen) atoms. The van der Waals surface area contributed by atoms with Crippen molar-refractivity contribution in [2.45, 2.75) is 59.2 Å². The van der Waals surface area contributed by atoms with Crippen molar-refractivity contribution < 1.29 is 9.90 Å². The lowest BCUT2D eigenvalue weighted by atomic mass is 9.91. The highest BCUT2D eigenvalue weighted by Crippen LogP contribution is 2.26. The topological polar surface area (TPSA) is 84.4 Å². The van der Waals surface area contributed by atoms with Crippen LogP contribution in [0.15, 0.2) is 24.5 Å². The number of aryl methyl sites for hydroxylation is 1. The molecule has 0 aliphatic heterocycles. The minimum Gasteiger partial charge on any atom is -0.476 e. The summed E-state index contributed by atoms with van der Waals surface area (Å²) in [6, 6.07) is 4.31. The predicted molar refractivity (Wildman–Crippen MR) is 107 cm³/mol. The maximum Gasteiger partial charge on any atom is 0.356 e. The number of hydrogen-bond donors (Lipinski definition) is 2. The van der Waals surface area contributed by atoms with Crippen molar-refractivity contribution in [1.29, 1.82) is 0 Å². The summed E-state index contributed by atoms with van der Waals surface area (Å²) in [5.41, 5.74) is 5.32. The molecule has 4 rings (SSSR count). The lowest BCUT2D eigenvalue weighted by Crippen LogP contribution is -2.35. The van der Waals surface area contributed by atoms with Gasteiger partial charge in [-0.3, -0.25) is 4.68 Å². The van der Waals surface area contributed by atoms with Gasteiger partial charge in [-0.05, 0) is 43.7 Å². The molecule has 0 unspecified atom stereocenters. The molecule has 0 spiro atoms. The van der Waals surface area contributed by atoms with E-state index in [1.165, 1.54) is 5.56 Å². The van der Waals surface area contributed by atoms with Gasteiger partial charge in [0.2, 0.25) is 0 Å². The zero-order valence-corrected chi connectivity index (χ0v) is 16.6. The molecule has 2 N–H and O–H groups in total. The molecule has 0 saturated carbocycles. The van der Waals surface area contributed by atoms with Crippen molar-refractivity contribution in [2.75, 3.05) is 0 Å². The zero-order chi connectivity index (χ0) is 19.8. The van der Waals surface area contributed by atoms with E-state index in [9.17, 15) is 9.90 Å². The third kappa shape index (κ3) is 3.67. The van der Waals surface area contributed by atoms with Gasteiger partial charge in [-0.15, -0.1) is 0 Å². The van der Waals surface area contributed by atoms with E-state index < -0.39 is 5.97 Å². The van der Waals surface area contributed by atoms with Crippen molar-refractivity contribution in [3.05, 3.63) is 52.7 Å². The van der Waals surface area contributed by atoms with Gasteiger partial charge in [-0.25, -0.2) is 9.78 Å². The number of fused-ring (bicyclic) bond motifs is 2. The van der Waals surface area contributed by atoms with Gasteiger partial charge < -0.3 is 14.8 Å². The molecular formula is C21H27N5O2. The molecule has 7 nitrogen and oxygen atoms in total. The van der Waals surface area contributed by atoms with Crippen LogP contribution in [0.5, 0.6) is 0 Å². The Bertz CT molecular complexity index is 1020. The van der Waals surface area contributed by atoms with E-state index in [1.54, 1.807) is 0 Å². The second-order valence-corrected chi connectivity index (χ2v) is 8.18. The number of imidazole rings is 1. The molecule has 0 bridgehead atoms. The van der Waals surface area contributed by atoms with Crippen LogP contribution in [0.4, 0.5) is 0 Å². The van der Waals surface area contributed by atoms with Gasteiger partial charge in [0.05, 0.1) is 5.69 Å². The van der Waals surface area contributed by atoms with Gasteiger partial charge in [0.25, 0.3) is 0 Å². The third-order valence-electron chi connectivity index (χ3n) is 5.31. The van der Waals surface area contributed by atoms with Crippen molar-refractivity contribution in [1.82, 2.24) is 24.5 Å². The second-order valence-electron chi connectivity index (χ2n) is 8.18. The molecule has 3 aromatic heterocycles. The lowest BCUT2D eigenvalue weighted by Gasteiger charge is -2.24. The minimum atomic E-state index is -0.935. The molecule has 0 amide bonds. The van der Waals surface area contributed by atoms with Crippen LogP contribution in [-0.4, -0.2) is 36.3 Å². The molecule has 0 fully saturated rings. The average molecular weight is 381 g/mol. The third-order valence-corrected chi connectivity index (χ3v) is 5.31. The molecule has 3 heterocycles. The van der Waals surface area contributed by atoms with Crippen LogP contribution in [0, 0.1) is 12.8 Å². The number of aromatic nitrogens is 4. The summed E-state index contributed by atoms with van der Waals surface area (Å²) in [6.07, 6.45) is 6.64. The molecule has 0 aromatic carbocycles. The van der Waals surface area contributed by atoms with E-state index >= 15 is 0 Å². The van der Waals surface area contributed by atoms with Gasteiger partial charge in [0.15, 0.2) is 5.69 Å². The zero-order valence-electron chi connectivity index (χ0n) is 16.6. The number of carboxylic acid groups (broad SMARTS) is 1. The van der Waals surface area contributed by atoms with Crippen LogP contribution < -0.4 is 5.32 Å². The van der Waals surface area contributed by atoms with Crippen molar-refractivity contribution in [2.24, 2.45) is 5.92 Å². The number of pyridine rings is 1. The minimum absolute atomic E-state index is 0.213. The summed E-state index contributed by atoms with van der Waals surface area (Å²) in [7, 11) is 0. The number of nitrogens with one attached hydrogen (secondary N) is 1. The highest BCUT2D eigenvalue weighted by molar-refractivity contribution is 5.87. The van der Waals surface area contributed by atoms with Crippen LogP contribution in [0.3, 0.4) is 0 Å². The fourth-order valence-electron chi connectivity index (χ4n) is 4.02. The standard InChI is InChI=1S/C21H27N5O2/c1-13(2)10-26-18-6-5-15(8-17(18)20(24-26)21(27)28)22-9-16-12-25-11-14(3)4-7-19(25)23-16/h4,7,11-13,15,22H,5-6,8-10H2,1-3H3,(H,27,28)/t15-/m1/s1. The smallest absolute Gasteiger partial charge is 0.356 e. The maximum absolute atomic E-state index is 11.7. The van der Waals surface area contributed by atoms with Crippen molar-refractivity contribution in [3.8, 4) is 0 Å². The number of carboxylic acids is 1. The SMILES string of the molecule is Cc1ccc2nc(CN[C@@H]3CCc4c(c(C(=O)O)nn4CC(C)C)C3)cn2c1. The number of rotatable bonds is 6. The Kier molecular flexibility index (Phi) is 4.93. The molecule has 1 atom stereocenters. The van der Waals surface area contributed by atoms with E-state index in [-0.39, 0.29) is 11.7 Å². The Labute approximate surface area is 164 Å². The molecule has 148 valence electrons. The molecular weight excluding hydrogens is 354 g/mol. The summed E-state index contributed by atoms with van der Waals surface area (Å²) < 4.78 is 3.95. The second kappa shape index (κ2) is 7.39. The monoisotopic (exact) mass is 381 g/mol. The quantitative estimate of drug-likeness (QED) is 0.686. The van der Waals surface area contributed by atoms with Gasteiger partial charge in [0.1, 0.15) is 5.65 Å². The lowest BCUT2D eigenvalue weighted by molar-refractivity contribution is 0.0688. The van der Waals surface area contributed by atoms with Gasteiger partial charge in [-0.2, -0.15) is 5.10 Å². The first-order valence-corrected chi connectivity index (χ1v) is 9.90. The molecule has 1 aliphatic carbocycles. The normalized spacial score (nSPS) is 16.6. The summed E-state index contributed by atoms with van der Waals surface area (Å²) in [6.45, 7) is 7.74. The first-order valence-electron chi connectivity index (χ1n) is 9.90. The van der Waals surface area contributed by atoms with Crippen molar-refractivity contribution in [3.63, 3.8) is 0 Å². The van der Waals surface area contributed by atoms with E-state index in [2.05, 4.69) is 48.4 Å². The van der Waals surface area contributed by atoms with Gasteiger partial charge in [0, 0.05) is 42.8 Å². The van der Waals surface area contributed by atoms with Crippen molar-refractivity contribution >= 4 is 11.6 Å². The van der Waals surface area contributed by atoms with E-state index in [4.69, 9.17) is 0 Å². The van der Waals surface area contributed by atoms with Gasteiger partial charge >= 0.3 is 5.97 Å². The summed E-state index contributed by atoms with van der Waals surface area (Å²) in [5.74, 6) is -0.504. The Morgan fingerprint density at radius 3 is 2.93 bits per heavy atom. The Morgan fingerprint density at radius 1 is 1.36 bits per heavy atom. The first-order chi connectivity index (χ1) is 13.4. The molecule has 7 heteroatoms. The Balaban J connectivity index is 1.48. The van der Waals surface area contributed by atoms with E-state index in [1.807, 2.05) is 21.3 Å². The molecule has 0 radical (unpaired) electrons. The number of nitrogens with zero attached hydrogens (tertiary/aromatic N) is 4. The molecule has 3 aromatic rings. The fourth-order valence-corrected chi connectivity index (χ4v) is 4.02. The Morgan fingerprint density at radius 2 is 2.18 bits per heavy atom. The Hall–Kier alpha value is -2.67. The van der Waals surface area contributed by atoms with Crippen LogP contribution in [-0.2, 0) is 25.9 Å². The number of carbonyl (C=O) groups is 1. The summed E-state index contributed by atoms with van der Waals surface area (Å²) in [5, 5.41) is 17.5. The van der Waals surface area contributed by atoms with Gasteiger partial charge in [-0.1, -0.05) is 19.9 Å². The van der Waals surface area contributed by atoms with E-state index in [0.29, 0.717) is 18.9 Å². The fraction of sp³-hybridized carbons (Fsp3) is 0.476. The highest BCUT2D eigenvalue weighted by atomic mass is 16.4. The first kappa shape index (κ1) is 18.7. The molecule has 0 saturated heterocycles. The maximum atomic E-state index is 11.7. The van der Waals surface area contributed by atoms with Crippen LogP contribution >= 0.6 is 0 Å². The van der Waals surface area contributed by atoms with E-state index in [0.717, 1.165) is 42.0 Å². The summed E-state index contributed by atoms with van der Waals surface area (Å²) >= 11 is 0. The predicted octanol–water partition coefficient (Wildman–Crippen LogP) is 2.84. The van der Waals surface area contributed by atoms with Crippen LogP contribution in [0.2, 0.25) is 0 Å². The highest BCUT2D eigenvalue weighted by Gasteiger charge is 2.29. The molecule has 1 aliphatic rings. The number of aromatic carboxylic acids is 1. The average Bonchev–Trinajstić information content (AvgIpc) is 3.20. The number of hydrogen-bond acceptors (Lipinski definition) is 4.